The molecule has 0 saturated heterocycles. The molecule has 0 aromatic heterocycles. The van der Waals surface area contributed by atoms with E-state index < -0.39 is 7.42 Å². The zero-order chi connectivity index (χ0) is 8.43. The summed E-state index contributed by atoms with van der Waals surface area (Å²) in [6, 6.07) is 5.29. The van der Waals surface area contributed by atoms with E-state index in [0.29, 0.717) is 10.0 Å². The van der Waals surface area contributed by atoms with Crippen molar-refractivity contribution in [2.24, 2.45) is 0 Å². The van der Waals surface area contributed by atoms with Gasteiger partial charge in [-0.2, -0.15) is 0 Å². The smallest absolute Gasteiger partial charge is 0.144 e. The van der Waals surface area contributed by atoms with Crippen LogP contribution in [0.4, 0.5) is 0 Å². The van der Waals surface area contributed by atoms with E-state index in [0.717, 1.165) is 5.19 Å². The molecule has 0 amide bonds. The number of rotatable bonds is 1. The van der Waals surface area contributed by atoms with Crippen LogP contribution < -0.4 is 5.19 Å². The Hall–Kier alpha value is 0.597. The summed E-state index contributed by atoms with van der Waals surface area (Å²) in [4.78, 5) is 0. The lowest BCUT2D eigenvalue weighted by molar-refractivity contribution is 1.76. The summed E-state index contributed by atoms with van der Waals surface area (Å²) >= 11 is 23.0. The first-order chi connectivity index (χ1) is 5.13. The van der Waals surface area contributed by atoms with Gasteiger partial charge in [-0.25, -0.2) is 0 Å². The van der Waals surface area contributed by atoms with Gasteiger partial charge in [0, 0.05) is 0 Å². The second-order valence-electron chi connectivity index (χ2n) is 1.94. The van der Waals surface area contributed by atoms with Crippen LogP contribution in [0.2, 0.25) is 10.0 Å². The predicted octanol–water partition coefficient (Wildman–Crippen LogP) is 2.90. The molecule has 0 radical (unpaired) electrons. The SMILES string of the molecule is Clc1cccc([SiH](Cl)Cl)c1Cl. The molecule has 0 aliphatic carbocycles. The minimum absolute atomic E-state index is 0.482. The maximum atomic E-state index is 5.82. The monoisotopic (exact) mass is 244 g/mol. The summed E-state index contributed by atoms with van der Waals surface area (Å²) in [5.74, 6) is 0. The molecule has 5 heteroatoms. The standard InChI is InChI=1S/C6H4Cl4Si/c7-4-2-1-3-5(6(4)8)11(9)10/h1-3,11H. The highest BCUT2D eigenvalue weighted by Gasteiger charge is 2.12. The number of halogens is 4. The van der Waals surface area contributed by atoms with Gasteiger partial charge in [-0.1, -0.05) is 35.3 Å². The van der Waals surface area contributed by atoms with Gasteiger partial charge >= 0.3 is 0 Å². The van der Waals surface area contributed by atoms with E-state index >= 15 is 0 Å². The van der Waals surface area contributed by atoms with E-state index in [-0.39, 0.29) is 0 Å². The molecule has 60 valence electrons. The zero-order valence-corrected chi connectivity index (χ0v) is 9.50. The Balaban J connectivity index is 3.17. The summed E-state index contributed by atoms with van der Waals surface area (Å²) in [7, 11) is -1.87. The molecule has 11 heavy (non-hydrogen) atoms. The molecular weight excluding hydrogens is 242 g/mol. The van der Waals surface area contributed by atoms with Gasteiger partial charge in [0.05, 0.1) is 10.0 Å². The van der Waals surface area contributed by atoms with Crippen molar-refractivity contribution in [3.63, 3.8) is 0 Å². The Morgan fingerprint density at radius 3 is 2.18 bits per heavy atom. The largest absolute Gasteiger partial charge is 0.268 e. The highest BCUT2D eigenvalue weighted by molar-refractivity contribution is 7.39. The summed E-state index contributed by atoms with van der Waals surface area (Å²) < 4.78 is 0. The second-order valence-corrected chi connectivity index (χ2v) is 7.24. The van der Waals surface area contributed by atoms with E-state index in [2.05, 4.69) is 0 Å². The first kappa shape index (κ1) is 9.68. The van der Waals surface area contributed by atoms with Crippen molar-refractivity contribution in [3.05, 3.63) is 28.2 Å². The molecule has 0 N–H and O–H groups in total. The zero-order valence-electron chi connectivity index (χ0n) is 5.32. The van der Waals surface area contributed by atoms with Crippen LogP contribution in [0.5, 0.6) is 0 Å². The van der Waals surface area contributed by atoms with Gasteiger partial charge in [-0.3, -0.25) is 0 Å². The van der Waals surface area contributed by atoms with Crippen LogP contribution in [-0.2, 0) is 0 Å². The Labute approximate surface area is 86.0 Å². The highest BCUT2D eigenvalue weighted by atomic mass is 35.7. The molecule has 0 unspecified atom stereocenters. The summed E-state index contributed by atoms with van der Waals surface area (Å²) in [5.41, 5.74) is 0. The Kier molecular flexibility index (Phi) is 3.53. The average Bonchev–Trinajstić information content (AvgIpc) is 1.94. The van der Waals surface area contributed by atoms with E-state index in [9.17, 15) is 0 Å². The van der Waals surface area contributed by atoms with Gasteiger partial charge < -0.3 is 0 Å². The Bertz CT molecular complexity index is 261. The van der Waals surface area contributed by atoms with Gasteiger partial charge in [0.2, 0.25) is 0 Å². The molecule has 0 aliphatic heterocycles. The van der Waals surface area contributed by atoms with Crippen molar-refractivity contribution in [1.82, 2.24) is 0 Å². The highest BCUT2D eigenvalue weighted by Crippen LogP contribution is 2.20. The third-order valence-corrected chi connectivity index (χ3v) is 4.59. The lowest BCUT2D eigenvalue weighted by atomic mass is 10.4. The summed E-state index contributed by atoms with van der Waals surface area (Å²) in [6.07, 6.45) is 0. The minimum atomic E-state index is -1.87. The molecular formula is C6H4Cl4Si. The Morgan fingerprint density at radius 1 is 1.09 bits per heavy atom. The predicted molar refractivity (Wildman–Crippen MR) is 55.0 cm³/mol. The average molecular weight is 246 g/mol. The van der Waals surface area contributed by atoms with Gasteiger partial charge in [-0.05, 0) is 11.3 Å². The quantitative estimate of drug-likeness (QED) is 0.528. The number of hydrogen-bond donors (Lipinski definition) is 0. The van der Waals surface area contributed by atoms with Gasteiger partial charge in [0.1, 0.15) is 0 Å². The molecule has 0 nitrogen and oxygen atoms in total. The Morgan fingerprint density at radius 2 is 1.73 bits per heavy atom. The fourth-order valence-corrected chi connectivity index (χ4v) is 3.45. The third kappa shape index (κ3) is 2.26. The van der Waals surface area contributed by atoms with E-state index in [1.807, 2.05) is 0 Å². The first-order valence-electron chi connectivity index (χ1n) is 2.85. The number of hydrogen-bond acceptors (Lipinski definition) is 0. The molecule has 0 heterocycles. The fourth-order valence-electron chi connectivity index (χ4n) is 0.689. The van der Waals surface area contributed by atoms with Crippen molar-refractivity contribution >= 4 is 58.0 Å². The van der Waals surface area contributed by atoms with E-state index in [4.69, 9.17) is 45.4 Å². The molecule has 0 saturated carbocycles. The third-order valence-electron chi connectivity index (χ3n) is 1.22. The molecule has 0 spiro atoms. The van der Waals surface area contributed by atoms with Crippen molar-refractivity contribution in [1.29, 1.82) is 0 Å². The summed E-state index contributed by atoms with van der Waals surface area (Å²) in [6.45, 7) is 0. The normalized spacial score (nSPS) is 10.6. The topological polar surface area (TPSA) is 0 Å². The lowest BCUT2D eigenvalue weighted by Gasteiger charge is -2.03. The fraction of sp³-hybridized carbons (Fsp3) is 0. The molecule has 1 rings (SSSR count). The van der Waals surface area contributed by atoms with E-state index in [1.165, 1.54) is 0 Å². The van der Waals surface area contributed by atoms with Crippen molar-refractivity contribution in [3.8, 4) is 0 Å². The second kappa shape index (κ2) is 4.01. The molecule has 0 bridgehead atoms. The first-order valence-corrected chi connectivity index (χ1v) is 7.67. The van der Waals surface area contributed by atoms with Crippen molar-refractivity contribution in [2.45, 2.75) is 0 Å². The van der Waals surface area contributed by atoms with Crippen LogP contribution in [0.1, 0.15) is 0 Å². The van der Waals surface area contributed by atoms with Crippen molar-refractivity contribution in [2.75, 3.05) is 0 Å². The van der Waals surface area contributed by atoms with Crippen LogP contribution in [-0.4, -0.2) is 7.42 Å². The van der Waals surface area contributed by atoms with Gasteiger partial charge in [0.15, 0.2) is 0 Å². The molecule has 1 aromatic rings. The maximum absolute atomic E-state index is 5.82. The molecule has 0 fully saturated rings. The lowest BCUT2D eigenvalue weighted by Crippen LogP contribution is -2.19. The minimum Gasteiger partial charge on any atom is -0.144 e. The van der Waals surface area contributed by atoms with Crippen LogP contribution >= 0.6 is 45.4 Å². The van der Waals surface area contributed by atoms with E-state index in [1.54, 1.807) is 18.2 Å². The molecule has 0 atom stereocenters. The van der Waals surface area contributed by atoms with Crippen molar-refractivity contribution < 1.29 is 0 Å². The van der Waals surface area contributed by atoms with Crippen LogP contribution in [0.3, 0.4) is 0 Å². The van der Waals surface area contributed by atoms with Gasteiger partial charge in [-0.15, -0.1) is 22.2 Å². The number of benzene rings is 1. The van der Waals surface area contributed by atoms with Gasteiger partial charge in [0.25, 0.3) is 7.42 Å². The summed E-state index contributed by atoms with van der Waals surface area (Å²) in [5, 5.41) is 1.77. The van der Waals surface area contributed by atoms with Crippen LogP contribution in [0.15, 0.2) is 18.2 Å². The van der Waals surface area contributed by atoms with Crippen LogP contribution in [0.25, 0.3) is 0 Å². The van der Waals surface area contributed by atoms with Crippen LogP contribution in [0, 0.1) is 0 Å². The molecule has 0 aliphatic rings. The molecule has 1 aromatic carbocycles. The maximum Gasteiger partial charge on any atom is 0.268 e.